The lowest BCUT2D eigenvalue weighted by atomic mass is 9.79. The van der Waals surface area contributed by atoms with Crippen LogP contribution in [0.2, 0.25) is 0 Å². The first-order chi connectivity index (χ1) is 12.1. The number of carboxylic acids is 1. The summed E-state index contributed by atoms with van der Waals surface area (Å²) in [5, 5.41) is 9.93. The van der Waals surface area contributed by atoms with Crippen molar-refractivity contribution in [3.8, 4) is 5.75 Å². The fourth-order valence-electron chi connectivity index (χ4n) is 3.52. The SMILES string of the molecule is CCCN1C(=O)c2ccccc2[C@H](C(=O)O)[C@@H]1c1ccc(OC)cc1. The molecule has 130 valence electrons. The van der Waals surface area contributed by atoms with E-state index in [0.29, 0.717) is 23.4 Å². The molecule has 2 atom stereocenters. The molecule has 0 saturated heterocycles. The molecule has 25 heavy (non-hydrogen) atoms. The second-order valence-electron chi connectivity index (χ2n) is 6.12. The highest BCUT2D eigenvalue weighted by atomic mass is 16.5. The molecular weight excluding hydrogens is 318 g/mol. The van der Waals surface area contributed by atoms with Gasteiger partial charge in [0.15, 0.2) is 0 Å². The number of methoxy groups -OCH3 is 1. The number of rotatable bonds is 5. The van der Waals surface area contributed by atoms with Crippen LogP contribution in [0, 0.1) is 0 Å². The molecule has 3 rings (SSSR count). The quantitative estimate of drug-likeness (QED) is 0.906. The summed E-state index contributed by atoms with van der Waals surface area (Å²) < 4.78 is 5.19. The zero-order chi connectivity index (χ0) is 18.0. The number of carbonyl (C=O) groups excluding carboxylic acids is 1. The highest BCUT2D eigenvalue weighted by Crippen LogP contribution is 2.43. The number of ether oxygens (including phenoxy) is 1. The lowest BCUT2D eigenvalue weighted by Crippen LogP contribution is -2.45. The van der Waals surface area contributed by atoms with E-state index >= 15 is 0 Å². The van der Waals surface area contributed by atoms with Gasteiger partial charge in [-0.3, -0.25) is 9.59 Å². The van der Waals surface area contributed by atoms with E-state index in [-0.39, 0.29) is 5.91 Å². The van der Waals surface area contributed by atoms with Gasteiger partial charge in [-0.2, -0.15) is 0 Å². The van der Waals surface area contributed by atoms with Crippen molar-refractivity contribution in [1.82, 2.24) is 4.90 Å². The van der Waals surface area contributed by atoms with Crippen LogP contribution in [0.15, 0.2) is 48.5 Å². The van der Waals surface area contributed by atoms with E-state index in [9.17, 15) is 14.7 Å². The van der Waals surface area contributed by atoms with Crippen molar-refractivity contribution >= 4 is 11.9 Å². The summed E-state index contributed by atoms with van der Waals surface area (Å²) in [6.07, 6.45) is 0.757. The normalized spacial score (nSPS) is 19.4. The third-order valence-electron chi connectivity index (χ3n) is 4.63. The maximum atomic E-state index is 13.0. The van der Waals surface area contributed by atoms with E-state index < -0.39 is 17.9 Å². The highest BCUT2D eigenvalue weighted by Gasteiger charge is 2.43. The zero-order valence-corrected chi connectivity index (χ0v) is 14.3. The Morgan fingerprint density at radius 1 is 1.16 bits per heavy atom. The van der Waals surface area contributed by atoms with Crippen LogP contribution in [0.25, 0.3) is 0 Å². The first kappa shape index (κ1) is 17.0. The Morgan fingerprint density at radius 2 is 1.84 bits per heavy atom. The Hall–Kier alpha value is -2.82. The minimum atomic E-state index is -0.929. The maximum Gasteiger partial charge on any atom is 0.313 e. The molecule has 0 aliphatic carbocycles. The summed E-state index contributed by atoms with van der Waals surface area (Å²) >= 11 is 0. The predicted molar refractivity (Wildman–Crippen MR) is 93.9 cm³/mol. The summed E-state index contributed by atoms with van der Waals surface area (Å²) in [4.78, 5) is 26.8. The van der Waals surface area contributed by atoms with E-state index in [1.165, 1.54) is 0 Å². The topological polar surface area (TPSA) is 66.8 Å². The first-order valence-corrected chi connectivity index (χ1v) is 8.35. The first-order valence-electron chi connectivity index (χ1n) is 8.35. The molecule has 0 bridgehead atoms. The van der Waals surface area contributed by atoms with Crippen molar-refractivity contribution in [2.75, 3.05) is 13.7 Å². The molecule has 1 heterocycles. The third-order valence-corrected chi connectivity index (χ3v) is 4.63. The summed E-state index contributed by atoms with van der Waals surface area (Å²) in [6, 6.07) is 13.7. The Bertz CT molecular complexity index is 785. The van der Waals surface area contributed by atoms with Gasteiger partial charge in [0.25, 0.3) is 5.91 Å². The Balaban J connectivity index is 2.16. The molecule has 1 aliphatic heterocycles. The van der Waals surface area contributed by atoms with Gasteiger partial charge in [-0.05, 0) is 35.7 Å². The summed E-state index contributed by atoms with van der Waals surface area (Å²) in [5.41, 5.74) is 1.85. The lowest BCUT2D eigenvalue weighted by Gasteiger charge is -2.40. The predicted octanol–water partition coefficient (Wildman–Crippen LogP) is 3.47. The van der Waals surface area contributed by atoms with E-state index in [1.807, 2.05) is 19.1 Å². The summed E-state index contributed by atoms with van der Waals surface area (Å²) in [5.74, 6) is -1.15. The fraction of sp³-hybridized carbons (Fsp3) is 0.300. The van der Waals surface area contributed by atoms with E-state index in [0.717, 1.165) is 12.0 Å². The zero-order valence-electron chi connectivity index (χ0n) is 14.3. The minimum absolute atomic E-state index is 0.115. The summed E-state index contributed by atoms with van der Waals surface area (Å²) in [6.45, 7) is 2.49. The molecule has 2 aromatic rings. The molecule has 5 heteroatoms. The van der Waals surface area contributed by atoms with Gasteiger partial charge in [-0.25, -0.2) is 0 Å². The molecule has 0 spiro atoms. The number of benzene rings is 2. The van der Waals surface area contributed by atoms with Crippen LogP contribution in [0.3, 0.4) is 0 Å². The van der Waals surface area contributed by atoms with Crippen LogP contribution in [-0.2, 0) is 4.79 Å². The molecule has 0 unspecified atom stereocenters. The van der Waals surface area contributed by atoms with Gasteiger partial charge < -0.3 is 14.7 Å². The van der Waals surface area contributed by atoms with Crippen LogP contribution >= 0.6 is 0 Å². The van der Waals surface area contributed by atoms with E-state index in [1.54, 1.807) is 48.4 Å². The van der Waals surface area contributed by atoms with Crippen molar-refractivity contribution in [2.45, 2.75) is 25.3 Å². The van der Waals surface area contributed by atoms with Crippen molar-refractivity contribution in [3.05, 3.63) is 65.2 Å². The number of hydrogen-bond donors (Lipinski definition) is 1. The molecule has 5 nitrogen and oxygen atoms in total. The Kier molecular flexibility index (Phi) is 4.74. The minimum Gasteiger partial charge on any atom is -0.497 e. The molecule has 0 aromatic heterocycles. The van der Waals surface area contributed by atoms with Crippen molar-refractivity contribution in [2.24, 2.45) is 0 Å². The second-order valence-corrected chi connectivity index (χ2v) is 6.12. The van der Waals surface area contributed by atoms with Crippen LogP contribution in [0.1, 0.15) is 46.8 Å². The maximum absolute atomic E-state index is 13.0. The van der Waals surface area contributed by atoms with Gasteiger partial charge in [-0.15, -0.1) is 0 Å². The molecule has 2 aromatic carbocycles. The van der Waals surface area contributed by atoms with Gasteiger partial charge >= 0.3 is 5.97 Å². The van der Waals surface area contributed by atoms with Gasteiger partial charge in [0.1, 0.15) is 11.7 Å². The smallest absolute Gasteiger partial charge is 0.313 e. The van der Waals surface area contributed by atoms with Gasteiger partial charge in [0.05, 0.1) is 13.2 Å². The van der Waals surface area contributed by atoms with Crippen molar-refractivity contribution in [3.63, 3.8) is 0 Å². The van der Waals surface area contributed by atoms with Gasteiger partial charge in [-0.1, -0.05) is 37.3 Å². The van der Waals surface area contributed by atoms with E-state index in [2.05, 4.69) is 0 Å². The van der Waals surface area contributed by atoms with Crippen LogP contribution < -0.4 is 4.74 Å². The standard InChI is InChI=1S/C20H21NO4/c1-3-12-21-18(13-8-10-14(25-2)11-9-13)17(20(23)24)15-6-4-5-7-16(15)19(21)22/h4-11,17-18H,3,12H2,1-2H3,(H,23,24)/t17-,18-/m0/s1. The highest BCUT2D eigenvalue weighted by molar-refractivity contribution is 6.00. The molecule has 1 amide bonds. The molecule has 0 radical (unpaired) electrons. The number of carboxylic acid groups (broad SMARTS) is 1. The number of aliphatic carboxylic acids is 1. The summed E-state index contributed by atoms with van der Waals surface area (Å²) in [7, 11) is 1.58. The molecular formula is C20H21NO4. The van der Waals surface area contributed by atoms with Gasteiger partial charge in [0, 0.05) is 12.1 Å². The van der Waals surface area contributed by atoms with Crippen molar-refractivity contribution in [1.29, 1.82) is 0 Å². The third kappa shape index (κ3) is 2.97. The number of amides is 1. The fourth-order valence-corrected chi connectivity index (χ4v) is 3.52. The molecule has 1 N–H and O–H groups in total. The van der Waals surface area contributed by atoms with Gasteiger partial charge in [0.2, 0.25) is 0 Å². The lowest BCUT2D eigenvalue weighted by molar-refractivity contribution is -0.140. The molecule has 1 aliphatic rings. The average molecular weight is 339 g/mol. The van der Waals surface area contributed by atoms with Crippen LogP contribution in [-0.4, -0.2) is 35.5 Å². The average Bonchev–Trinajstić information content (AvgIpc) is 2.63. The van der Waals surface area contributed by atoms with Crippen LogP contribution in [0.5, 0.6) is 5.75 Å². The van der Waals surface area contributed by atoms with Crippen molar-refractivity contribution < 1.29 is 19.4 Å². The monoisotopic (exact) mass is 339 g/mol. The number of nitrogens with zero attached hydrogens (tertiary/aromatic N) is 1. The number of hydrogen-bond acceptors (Lipinski definition) is 3. The largest absolute Gasteiger partial charge is 0.497 e. The Labute approximate surface area is 146 Å². The van der Waals surface area contributed by atoms with Crippen LogP contribution in [0.4, 0.5) is 0 Å². The Morgan fingerprint density at radius 3 is 2.44 bits per heavy atom. The number of fused-ring (bicyclic) bond motifs is 1. The van der Waals surface area contributed by atoms with E-state index in [4.69, 9.17) is 4.74 Å². The number of carbonyl (C=O) groups is 2. The molecule has 0 fully saturated rings. The second kappa shape index (κ2) is 6.97. The molecule has 0 saturated carbocycles.